The van der Waals surface area contributed by atoms with Gasteiger partial charge in [-0.25, -0.2) is 4.98 Å². The summed E-state index contributed by atoms with van der Waals surface area (Å²) in [7, 11) is 3.62. The second-order valence-electron chi connectivity index (χ2n) is 4.06. The van der Waals surface area contributed by atoms with Crippen LogP contribution in [0.1, 0.15) is 6.92 Å². The molecule has 0 amide bonds. The number of fused-ring (bicyclic) bond motifs is 1. The summed E-state index contributed by atoms with van der Waals surface area (Å²) < 4.78 is 4.83. The molecule has 98 valence electrons. The van der Waals surface area contributed by atoms with Crippen LogP contribution in [-0.4, -0.2) is 31.8 Å². The summed E-state index contributed by atoms with van der Waals surface area (Å²) in [6, 6.07) is 10.4. The summed E-state index contributed by atoms with van der Waals surface area (Å²) in [5.74, 6) is 0.600. The van der Waals surface area contributed by atoms with Gasteiger partial charge >= 0.3 is 0 Å². The number of benzene rings is 1. The predicted molar refractivity (Wildman–Crippen MR) is 76.6 cm³/mol. The third-order valence-electron chi connectivity index (χ3n) is 2.61. The molecule has 0 aliphatic heterocycles. The van der Waals surface area contributed by atoms with Gasteiger partial charge in [-0.1, -0.05) is 24.3 Å². The Kier molecular flexibility index (Phi) is 6.11. The third kappa shape index (κ3) is 4.31. The zero-order chi connectivity index (χ0) is 13.4. The van der Waals surface area contributed by atoms with Crippen LogP contribution in [0.4, 0.5) is 5.82 Å². The first-order chi connectivity index (χ1) is 8.69. The summed E-state index contributed by atoms with van der Waals surface area (Å²) in [6.45, 7) is 2.86. The van der Waals surface area contributed by atoms with Crippen LogP contribution in [0, 0.1) is 0 Å². The van der Waals surface area contributed by atoms with E-state index in [1.807, 2.05) is 37.4 Å². The van der Waals surface area contributed by atoms with Crippen LogP contribution in [0.25, 0.3) is 10.8 Å². The maximum Gasteiger partial charge on any atom is 0.131 e. The molecule has 0 spiro atoms. The lowest BCUT2D eigenvalue weighted by Crippen LogP contribution is -2.25. The molecule has 0 fully saturated rings. The van der Waals surface area contributed by atoms with Crippen molar-refractivity contribution in [2.75, 3.05) is 26.5 Å². The van der Waals surface area contributed by atoms with Gasteiger partial charge in [-0.2, -0.15) is 0 Å². The minimum absolute atomic E-state index is 0.477. The second-order valence-corrected chi connectivity index (χ2v) is 4.06. The van der Waals surface area contributed by atoms with Gasteiger partial charge in [0.25, 0.3) is 0 Å². The van der Waals surface area contributed by atoms with Crippen molar-refractivity contribution in [2.24, 2.45) is 0 Å². The predicted octanol–water partition coefficient (Wildman–Crippen LogP) is 2.06. The van der Waals surface area contributed by atoms with Gasteiger partial charge in [0, 0.05) is 24.7 Å². The minimum atomic E-state index is 0.477. The molecule has 18 heavy (non-hydrogen) atoms. The number of pyridine rings is 1. The van der Waals surface area contributed by atoms with Crippen molar-refractivity contribution in [1.29, 1.82) is 0 Å². The number of ether oxygens (including phenoxy) is 1. The van der Waals surface area contributed by atoms with E-state index in [1.165, 1.54) is 0 Å². The highest BCUT2D eigenvalue weighted by atomic mass is 16.5. The first kappa shape index (κ1) is 14.4. The van der Waals surface area contributed by atoms with E-state index in [0.717, 1.165) is 17.4 Å². The van der Waals surface area contributed by atoms with Gasteiger partial charge in [-0.05, 0) is 25.4 Å². The monoisotopic (exact) mass is 247 g/mol. The largest absolute Gasteiger partial charge is 0.383 e. The van der Waals surface area contributed by atoms with E-state index in [1.54, 1.807) is 13.3 Å². The summed E-state index contributed by atoms with van der Waals surface area (Å²) in [4.78, 5) is 3.99. The lowest BCUT2D eigenvalue weighted by atomic mass is 10.2. The van der Waals surface area contributed by atoms with Crippen molar-refractivity contribution in [2.45, 2.75) is 13.0 Å². The number of nitrogens with two attached hydrogens (primary N) is 1. The Labute approximate surface area is 108 Å². The molecule has 0 bridgehead atoms. The van der Waals surface area contributed by atoms with Crippen molar-refractivity contribution in [1.82, 2.24) is 10.3 Å². The van der Waals surface area contributed by atoms with E-state index in [0.29, 0.717) is 11.9 Å². The number of nitrogens with one attached hydrogen (secondary N) is 1. The van der Waals surface area contributed by atoms with E-state index in [2.05, 4.69) is 17.2 Å². The molecule has 0 saturated heterocycles. The first-order valence-electron chi connectivity index (χ1n) is 5.94. The van der Waals surface area contributed by atoms with Gasteiger partial charge in [0.15, 0.2) is 0 Å². The molecule has 1 atom stereocenters. The number of likely N-dealkylation sites (N-methyl/N-ethyl adjacent to an activating group) is 1. The molecule has 0 saturated carbocycles. The summed E-state index contributed by atoms with van der Waals surface area (Å²) in [6.07, 6.45) is 1.72. The zero-order valence-electron chi connectivity index (χ0n) is 11.2. The van der Waals surface area contributed by atoms with Gasteiger partial charge in [0.05, 0.1) is 6.61 Å². The number of hydrogen-bond donors (Lipinski definition) is 2. The molecule has 0 aliphatic carbocycles. The lowest BCUT2D eigenvalue weighted by Gasteiger charge is -2.05. The van der Waals surface area contributed by atoms with Crippen molar-refractivity contribution in [3.05, 3.63) is 36.5 Å². The van der Waals surface area contributed by atoms with Crippen LogP contribution >= 0.6 is 0 Å². The molecule has 1 unspecified atom stereocenters. The van der Waals surface area contributed by atoms with Crippen LogP contribution in [0.2, 0.25) is 0 Å². The quantitative estimate of drug-likeness (QED) is 0.871. The maximum absolute atomic E-state index is 5.65. The number of aromatic nitrogens is 1. The normalized spacial score (nSPS) is 11.7. The molecule has 0 radical (unpaired) electrons. The minimum Gasteiger partial charge on any atom is -0.383 e. The fourth-order valence-corrected chi connectivity index (χ4v) is 1.48. The standard InChI is InChI=1S/C9H8N2.C5H13NO/c10-9-8-4-2-1-3-7(8)5-6-11-9;1-5(6-2)4-7-3/h1-6H,(H2,10,11);5-6H,4H2,1-3H3. The lowest BCUT2D eigenvalue weighted by molar-refractivity contribution is 0.175. The molecular weight excluding hydrogens is 226 g/mol. The Bertz CT molecular complexity index is 468. The smallest absolute Gasteiger partial charge is 0.131 e. The number of anilines is 1. The summed E-state index contributed by atoms with van der Waals surface area (Å²) in [5.41, 5.74) is 5.65. The van der Waals surface area contributed by atoms with E-state index in [9.17, 15) is 0 Å². The first-order valence-corrected chi connectivity index (χ1v) is 5.94. The highest BCUT2D eigenvalue weighted by molar-refractivity contribution is 5.90. The van der Waals surface area contributed by atoms with E-state index in [4.69, 9.17) is 10.5 Å². The Balaban J connectivity index is 0.000000203. The van der Waals surface area contributed by atoms with Crippen molar-refractivity contribution >= 4 is 16.6 Å². The van der Waals surface area contributed by atoms with Crippen LogP contribution in [0.5, 0.6) is 0 Å². The van der Waals surface area contributed by atoms with Crippen LogP contribution < -0.4 is 11.1 Å². The molecule has 0 aliphatic rings. The molecule has 1 aromatic carbocycles. The summed E-state index contributed by atoms with van der Waals surface area (Å²) >= 11 is 0. The fourth-order valence-electron chi connectivity index (χ4n) is 1.48. The average molecular weight is 247 g/mol. The van der Waals surface area contributed by atoms with Crippen molar-refractivity contribution in [3.8, 4) is 0 Å². The van der Waals surface area contributed by atoms with Gasteiger partial charge in [-0.3, -0.25) is 0 Å². The van der Waals surface area contributed by atoms with Crippen molar-refractivity contribution in [3.63, 3.8) is 0 Å². The number of rotatable bonds is 3. The topological polar surface area (TPSA) is 60.2 Å². The molecule has 3 N–H and O–H groups in total. The zero-order valence-corrected chi connectivity index (χ0v) is 11.2. The van der Waals surface area contributed by atoms with E-state index < -0.39 is 0 Å². The van der Waals surface area contributed by atoms with Gasteiger partial charge in [-0.15, -0.1) is 0 Å². The molecule has 4 nitrogen and oxygen atoms in total. The van der Waals surface area contributed by atoms with Crippen LogP contribution in [-0.2, 0) is 4.74 Å². The van der Waals surface area contributed by atoms with E-state index >= 15 is 0 Å². The highest BCUT2D eigenvalue weighted by Gasteiger charge is 1.94. The maximum atomic E-state index is 5.65. The van der Waals surface area contributed by atoms with Crippen molar-refractivity contribution < 1.29 is 4.74 Å². The Morgan fingerprint density at radius 1 is 1.33 bits per heavy atom. The number of nitrogen functional groups attached to an aromatic ring is 1. The Morgan fingerprint density at radius 2 is 2.06 bits per heavy atom. The van der Waals surface area contributed by atoms with E-state index in [-0.39, 0.29) is 0 Å². The van der Waals surface area contributed by atoms with Gasteiger partial charge in [0.2, 0.25) is 0 Å². The van der Waals surface area contributed by atoms with Crippen LogP contribution in [0.3, 0.4) is 0 Å². The Hall–Kier alpha value is -1.65. The molecule has 2 rings (SSSR count). The molecular formula is C14H21N3O. The highest BCUT2D eigenvalue weighted by Crippen LogP contribution is 2.16. The molecule has 1 aromatic heterocycles. The number of nitrogens with zero attached hydrogens (tertiary/aromatic N) is 1. The molecule has 2 aromatic rings. The van der Waals surface area contributed by atoms with Gasteiger partial charge < -0.3 is 15.8 Å². The fraction of sp³-hybridized carbons (Fsp3) is 0.357. The van der Waals surface area contributed by atoms with Gasteiger partial charge in [0.1, 0.15) is 5.82 Å². The number of hydrogen-bond acceptors (Lipinski definition) is 4. The molecule has 1 heterocycles. The molecule has 4 heteroatoms. The average Bonchev–Trinajstić information content (AvgIpc) is 2.40. The summed E-state index contributed by atoms with van der Waals surface area (Å²) in [5, 5.41) is 5.20. The number of methoxy groups -OCH3 is 1. The third-order valence-corrected chi connectivity index (χ3v) is 2.61. The Morgan fingerprint density at radius 3 is 2.61 bits per heavy atom. The van der Waals surface area contributed by atoms with Crippen LogP contribution in [0.15, 0.2) is 36.5 Å². The SMILES string of the molecule is CNC(C)COC.Nc1nccc2ccccc12. The second kappa shape index (κ2) is 7.63.